The lowest BCUT2D eigenvalue weighted by Gasteiger charge is -2.19. The number of nitro groups is 1. The van der Waals surface area contributed by atoms with Crippen molar-refractivity contribution in [1.82, 2.24) is 15.5 Å². The molecule has 1 aliphatic rings. The van der Waals surface area contributed by atoms with Crippen molar-refractivity contribution in [3.63, 3.8) is 0 Å². The van der Waals surface area contributed by atoms with Crippen molar-refractivity contribution >= 4 is 11.6 Å². The largest absolute Gasteiger partial charge is 0.401 e. The Morgan fingerprint density at radius 2 is 2.23 bits per heavy atom. The number of nitrogens with one attached hydrogen (secondary N) is 2. The van der Waals surface area contributed by atoms with Gasteiger partial charge in [0.2, 0.25) is 0 Å². The van der Waals surface area contributed by atoms with E-state index in [2.05, 4.69) is 15.6 Å². The van der Waals surface area contributed by atoms with E-state index in [-0.39, 0.29) is 18.3 Å². The van der Waals surface area contributed by atoms with Gasteiger partial charge in [0, 0.05) is 37.8 Å². The van der Waals surface area contributed by atoms with Crippen molar-refractivity contribution in [1.29, 1.82) is 0 Å². The number of nitro benzene ring substituents is 1. The maximum absolute atomic E-state index is 12.5. The summed E-state index contributed by atoms with van der Waals surface area (Å²) in [5, 5.41) is 17.0. The standard InChI is InChI=1S/C16H22F3N5O2/c1-2-20-15(21-9-12-4-3-5-14(8-12)24(25)26)22-13-6-7-23(10-13)11-16(17,18)19/h3-5,8,13H,2,6-7,9-11H2,1H3,(H2,20,21,22). The summed E-state index contributed by atoms with van der Waals surface area (Å²) in [6.07, 6.45) is -3.60. The number of likely N-dealkylation sites (tertiary alicyclic amines) is 1. The molecule has 1 fully saturated rings. The van der Waals surface area contributed by atoms with Gasteiger partial charge in [-0.1, -0.05) is 12.1 Å². The topological polar surface area (TPSA) is 82.8 Å². The fraction of sp³-hybridized carbons (Fsp3) is 0.562. The second-order valence-electron chi connectivity index (χ2n) is 6.10. The average Bonchev–Trinajstić information content (AvgIpc) is 2.98. The van der Waals surface area contributed by atoms with Crippen molar-refractivity contribution in [2.24, 2.45) is 4.99 Å². The molecule has 1 aliphatic heterocycles. The molecule has 1 aromatic rings. The summed E-state index contributed by atoms with van der Waals surface area (Å²) in [6, 6.07) is 6.06. The van der Waals surface area contributed by atoms with Crippen molar-refractivity contribution in [2.45, 2.75) is 32.1 Å². The third-order valence-electron chi connectivity index (χ3n) is 3.90. The van der Waals surface area contributed by atoms with Gasteiger partial charge < -0.3 is 10.6 Å². The zero-order valence-corrected chi connectivity index (χ0v) is 14.4. The van der Waals surface area contributed by atoms with E-state index in [4.69, 9.17) is 0 Å². The summed E-state index contributed by atoms with van der Waals surface area (Å²) < 4.78 is 37.4. The van der Waals surface area contributed by atoms with Gasteiger partial charge in [-0.25, -0.2) is 4.99 Å². The molecule has 0 amide bonds. The highest BCUT2D eigenvalue weighted by Crippen LogP contribution is 2.20. The molecule has 10 heteroatoms. The van der Waals surface area contributed by atoms with Crippen LogP contribution in [0.3, 0.4) is 0 Å². The van der Waals surface area contributed by atoms with Gasteiger partial charge in [0.25, 0.3) is 5.69 Å². The molecule has 1 unspecified atom stereocenters. The van der Waals surface area contributed by atoms with Crippen LogP contribution in [0.2, 0.25) is 0 Å². The van der Waals surface area contributed by atoms with Crippen LogP contribution in [-0.4, -0.2) is 54.2 Å². The Hall–Kier alpha value is -2.36. The van der Waals surface area contributed by atoms with Crippen LogP contribution in [0.15, 0.2) is 29.3 Å². The molecule has 2 rings (SSSR count). The molecular formula is C16H22F3N5O2. The monoisotopic (exact) mass is 373 g/mol. The lowest BCUT2D eigenvalue weighted by molar-refractivity contribution is -0.384. The first-order valence-corrected chi connectivity index (χ1v) is 8.34. The number of guanidine groups is 1. The lowest BCUT2D eigenvalue weighted by atomic mass is 10.2. The van der Waals surface area contributed by atoms with E-state index in [0.717, 1.165) is 0 Å². The number of rotatable bonds is 6. The first kappa shape index (κ1) is 20.0. The summed E-state index contributed by atoms with van der Waals surface area (Å²) in [5.74, 6) is 0.484. The highest BCUT2D eigenvalue weighted by molar-refractivity contribution is 5.80. The quantitative estimate of drug-likeness (QED) is 0.346. The molecule has 144 valence electrons. The third kappa shape index (κ3) is 6.51. The number of non-ortho nitro benzene ring substituents is 1. The third-order valence-corrected chi connectivity index (χ3v) is 3.90. The molecule has 0 saturated carbocycles. The van der Waals surface area contributed by atoms with Crippen LogP contribution in [0, 0.1) is 10.1 Å². The fourth-order valence-corrected chi connectivity index (χ4v) is 2.80. The second kappa shape index (κ2) is 8.84. The Kier molecular flexibility index (Phi) is 6.78. The Bertz CT molecular complexity index is 651. The summed E-state index contributed by atoms with van der Waals surface area (Å²) >= 11 is 0. The van der Waals surface area contributed by atoms with Gasteiger partial charge in [0.1, 0.15) is 0 Å². The molecule has 1 heterocycles. The van der Waals surface area contributed by atoms with Crippen LogP contribution in [0.5, 0.6) is 0 Å². The molecule has 2 N–H and O–H groups in total. The van der Waals surface area contributed by atoms with Crippen molar-refractivity contribution in [2.75, 3.05) is 26.2 Å². The maximum atomic E-state index is 12.5. The number of hydrogen-bond donors (Lipinski definition) is 2. The summed E-state index contributed by atoms with van der Waals surface area (Å²) in [7, 11) is 0. The summed E-state index contributed by atoms with van der Waals surface area (Å²) in [4.78, 5) is 16.1. The smallest absolute Gasteiger partial charge is 0.357 e. The first-order chi connectivity index (χ1) is 12.3. The van der Waals surface area contributed by atoms with Gasteiger partial charge in [-0.2, -0.15) is 13.2 Å². The van der Waals surface area contributed by atoms with Gasteiger partial charge in [0.15, 0.2) is 5.96 Å². The molecule has 7 nitrogen and oxygen atoms in total. The average molecular weight is 373 g/mol. The molecule has 26 heavy (non-hydrogen) atoms. The number of hydrogen-bond acceptors (Lipinski definition) is 4. The number of halogens is 3. The van der Waals surface area contributed by atoms with Gasteiger partial charge in [-0.05, 0) is 18.9 Å². The van der Waals surface area contributed by atoms with Crippen LogP contribution in [0.1, 0.15) is 18.9 Å². The van der Waals surface area contributed by atoms with Crippen LogP contribution >= 0.6 is 0 Å². The Labute approximate surface area is 149 Å². The molecule has 1 aromatic carbocycles. The van der Waals surface area contributed by atoms with Gasteiger partial charge in [0.05, 0.1) is 18.0 Å². The van der Waals surface area contributed by atoms with E-state index in [1.54, 1.807) is 12.1 Å². The van der Waals surface area contributed by atoms with Crippen LogP contribution in [-0.2, 0) is 6.54 Å². The lowest BCUT2D eigenvalue weighted by Crippen LogP contribution is -2.45. The van der Waals surface area contributed by atoms with E-state index in [9.17, 15) is 23.3 Å². The molecule has 0 aromatic heterocycles. The normalized spacial score (nSPS) is 18.8. The number of alkyl halides is 3. The van der Waals surface area contributed by atoms with E-state index >= 15 is 0 Å². The maximum Gasteiger partial charge on any atom is 0.401 e. The predicted octanol–water partition coefficient (Wildman–Crippen LogP) is 2.29. The molecule has 0 aliphatic carbocycles. The number of nitrogens with zero attached hydrogens (tertiary/aromatic N) is 3. The molecule has 0 spiro atoms. The van der Waals surface area contributed by atoms with Crippen LogP contribution in [0.25, 0.3) is 0 Å². The zero-order chi connectivity index (χ0) is 19.2. The summed E-state index contributed by atoms with van der Waals surface area (Å²) in [6.45, 7) is 2.47. The fourth-order valence-electron chi connectivity index (χ4n) is 2.80. The molecule has 0 bridgehead atoms. The number of aliphatic imine (C=N–C) groups is 1. The highest BCUT2D eigenvalue weighted by Gasteiger charge is 2.34. The number of benzene rings is 1. The van der Waals surface area contributed by atoms with E-state index in [1.165, 1.54) is 17.0 Å². The Morgan fingerprint density at radius 1 is 1.46 bits per heavy atom. The molecular weight excluding hydrogens is 351 g/mol. The Balaban J connectivity index is 1.95. The SMILES string of the molecule is CCNC(=NCc1cccc([N+](=O)[O-])c1)NC1CCN(CC(F)(F)F)C1. The highest BCUT2D eigenvalue weighted by atomic mass is 19.4. The van der Waals surface area contributed by atoms with Crippen molar-refractivity contribution < 1.29 is 18.1 Å². The summed E-state index contributed by atoms with van der Waals surface area (Å²) in [5.41, 5.74) is 0.677. The van der Waals surface area contributed by atoms with Gasteiger partial charge >= 0.3 is 6.18 Å². The predicted molar refractivity (Wildman–Crippen MR) is 91.9 cm³/mol. The molecule has 0 radical (unpaired) electrons. The van der Waals surface area contributed by atoms with Gasteiger partial charge in [-0.15, -0.1) is 0 Å². The van der Waals surface area contributed by atoms with Crippen LogP contribution < -0.4 is 10.6 Å². The van der Waals surface area contributed by atoms with Crippen molar-refractivity contribution in [3.8, 4) is 0 Å². The minimum Gasteiger partial charge on any atom is -0.357 e. The molecule has 1 atom stereocenters. The van der Waals surface area contributed by atoms with E-state index in [0.29, 0.717) is 37.6 Å². The van der Waals surface area contributed by atoms with Crippen LogP contribution in [0.4, 0.5) is 18.9 Å². The second-order valence-corrected chi connectivity index (χ2v) is 6.10. The molecule has 1 saturated heterocycles. The van der Waals surface area contributed by atoms with E-state index < -0.39 is 17.6 Å². The minimum absolute atomic E-state index is 0.00533. The minimum atomic E-state index is -4.20. The van der Waals surface area contributed by atoms with Crippen molar-refractivity contribution in [3.05, 3.63) is 39.9 Å². The Morgan fingerprint density at radius 3 is 2.88 bits per heavy atom. The zero-order valence-electron chi connectivity index (χ0n) is 14.4. The van der Waals surface area contributed by atoms with E-state index in [1.807, 2.05) is 6.92 Å². The first-order valence-electron chi connectivity index (χ1n) is 8.34. The van der Waals surface area contributed by atoms with Gasteiger partial charge in [-0.3, -0.25) is 15.0 Å².